The molecule has 0 radical (unpaired) electrons. The van der Waals surface area contributed by atoms with Gasteiger partial charge < -0.3 is 19.7 Å². The third kappa shape index (κ3) is 4.11. The van der Waals surface area contributed by atoms with Crippen LogP contribution in [0, 0.1) is 5.92 Å². The van der Waals surface area contributed by atoms with Gasteiger partial charge in [0.25, 0.3) is 0 Å². The first-order valence-corrected chi connectivity index (χ1v) is 10.2. The summed E-state index contributed by atoms with van der Waals surface area (Å²) in [5, 5.41) is 3.37. The number of piperidine rings is 1. The Morgan fingerprint density at radius 2 is 1.93 bits per heavy atom. The van der Waals surface area contributed by atoms with Gasteiger partial charge in [0.05, 0.1) is 48.1 Å². The predicted octanol–water partition coefficient (Wildman–Crippen LogP) is 4.16. The van der Waals surface area contributed by atoms with Gasteiger partial charge in [-0.25, -0.2) is 4.98 Å². The highest BCUT2D eigenvalue weighted by Crippen LogP contribution is 2.36. The Bertz CT molecular complexity index is 1080. The van der Waals surface area contributed by atoms with Gasteiger partial charge in [-0.05, 0) is 31.0 Å². The lowest BCUT2D eigenvalue weighted by Gasteiger charge is -2.32. The van der Waals surface area contributed by atoms with Gasteiger partial charge in [0.15, 0.2) is 0 Å². The van der Waals surface area contributed by atoms with Gasteiger partial charge >= 0.3 is 0 Å². The Labute approximate surface area is 180 Å². The van der Waals surface area contributed by atoms with E-state index in [1.54, 1.807) is 25.4 Å². The van der Waals surface area contributed by atoms with Crippen LogP contribution in [0.1, 0.15) is 12.8 Å². The number of hydrogen-bond donors (Lipinski definition) is 1. The maximum absolute atomic E-state index is 13.0. The van der Waals surface area contributed by atoms with Gasteiger partial charge in [-0.3, -0.25) is 9.78 Å². The summed E-state index contributed by atoms with van der Waals surface area (Å²) in [6.45, 7) is 1.42. The lowest BCUT2D eigenvalue weighted by molar-refractivity contribution is -0.120. The summed E-state index contributed by atoms with van der Waals surface area (Å²) in [5.74, 6) is 1.52. The monoisotopic (exact) mass is 426 g/mol. The number of ether oxygens (including phenoxy) is 2. The molecule has 1 atom stereocenters. The van der Waals surface area contributed by atoms with E-state index in [1.165, 1.54) is 7.11 Å². The number of nitrogens with zero attached hydrogens (tertiary/aromatic N) is 3. The Morgan fingerprint density at radius 3 is 2.70 bits per heavy atom. The SMILES string of the molecule is COc1cc(OC)c(NC(=O)[C@@H]2CCCN(c3cnc4ccccc4n3)C2)cc1Cl. The van der Waals surface area contributed by atoms with Gasteiger partial charge in [0, 0.05) is 19.2 Å². The predicted molar refractivity (Wildman–Crippen MR) is 118 cm³/mol. The minimum absolute atomic E-state index is 0.0759. The minimum Gasteiger partial charge on any atom is -0.495 e. The number of fused-ring (bicyclic) bond motifs is 1. The van der Waals surface area contributed by atoms with Crippen LogP contribution in [0.5, 0.6) is 11.5 Å². The summed E-state index contributed by atoms with van der Waals surface area (Å²) in [5.41, 5.74) is 2.23. The molecule has 1 amide bonds. The van der Waals surface area contributed by atoms with Gasteiger partial charge in [-0.1, -0.05) is 23.7 Å². The molecule has 0 saturated carbocycles. The van der Waals surface area contributed by atoms with Crippen molar-refractivity contribution in [2.75, 3.05) is 37.5 Å². The Hall–Kier alpha value is -3.06. The van der Waals surface area contributed by atoms with Crippen molar-refractivity contribution >= 4 is 40.0 Å². The number of benzene rings is 2. The zero-order chi connectivity index (χ0) is 21.1. The molecule has 30 heavy (non-hydrogen) atoms. The molecule has 1 aromatic heterocycles. The fourth-order valence-electron chi connectivity index (χ4n) is 3.69. The van der Waals surface area contributed by atoms with Crippen LogP contribution in [0.15, 0.2) is 42.6 Å². The molecule has 4 rings (SSSR count). The number of halogens is 1. The lowest BCUT2D eigenvalue weighted by Crippen LogP contribution is -2.41. The first kappa shape index (κ1) is 20.2. The summed E-state index contributed by atoms with van der Waals surface area (Å²) in [7, 11) is 3.07. The number of anilines is 2. The second-order valence-electron chi connectivity index (χ2n) is 7.18. The van der Waals surface area contributed by atoms with Crippen molar-refractivity contribution in [3.05, 3.63) is 47.6 Å². The Kier molecular flexibility index (Phi) is 5.90. The summed E-state index contributed by atoms with van der Waals surface area (Å²) >= 11 is 6.22. The molecule has 1 aliphatic heterocycles. The van der Waals surface area contributed by atoms with E-state index in [1.807, 2.05) is 24.3 Å². The normalized spacial score (nSPS) is 16.4. The van der Waals surface area contributed by atoms with Crippen molar-refractivity contribution in [1.29, 1.82) is 0 Å². The molecule has 1 fully saturated rings. The quantitative estimate of drug-likeness (QED) is 0.660. The number of hydrogen-bond acceptors (Lipinski definition) is 6. The van der Waals surface area contributed by atoms with Crippen molar-refractivity contribution in [3.8, 4) is 11.5 Å². The highest BCUT2D eigenvalue weighted by Gasteiger charge is 2.27. The van der Waals surface area contributed by atoms with Crippen molar-refractivity contribution in [3.63, 3.8) is 0 Å². The van der Waals surface area contributed by atoms with Crippen LogP contribution < -0.4 is 19.7 Å². The van der Waals surface area contributed by atoms with Crippen molar-refractivity contribution in [1.82, 2.24) is 9.97 Å². The molecule has 7 nitrogen and oxygen atoms in total. The number of aromatic nitrogens is 2. The number of para-hydroxylation sites is 2. The molecular formula is C22H23ClN4O3. The van der Waals surface area contributed by atoms with E-state index in [4.69, 9.17) is 26.1 Å². The summed E-state index contributed by atoms with van der Waals surface area (Å²) < 4.78 is 10.6. The van der Waals surface area contributed by atoms with Crippen LogP contribution in [-0.4, -0.2) is 43.2 Å². The number of methoxy groups -OCH3 is 2. The van der Waals surface area contributed by atoms with Crippen LogP contribution in [-0.2, 0) is 4.79 Å². The molecule has 2 aromatic carbocycles. The molecule has 0 bridgehead atoms. The van der Waals surface area contributed by atoms with Gasteiger partial charge in [-0.15, -0.1) is 0 Å². The van der Waals surface area contributed by atoms with E-state index in [9.17, 15) is 4.79 Å². The fourth-order valence-corrected chi connectivity index (χ4v) is 3.93. The van der Waals surface area contributed by atoms with Crippen molar-refractivity contribution in [2.45, 2.75) is 12.8 Å². The third-order valence-corrected chi connectivity index (χ3v) is 5.58. The smallest absolute Gasteiger partial charge is 0.229 e. The summed E-state index contributed by atoms with van der Waals surface area (Å²) in [4.78, 5) is 24.3. The van der Waals surface area contributed by atoms with E-state index in [0.717, 1.165) is 36.2 Å². The molecule has 1 N–H and O–H groups in total. The number of carbonyl (C=O) groups excluding carboxylic acids is 1. The number of amides is 1. The van der Waals surface area contributed by atoms with Crippen LogP contribution in [0.25, 0.3) is 11.0 Å². The van der Waals surface area contributed by atoms with E-state index in [-0.39, 0.29) is 11.8 Å². The van der Waals surface area contributed by atoms with E-state index < -0.39 is 0 Å². The summed E-state index contributed by atoms with van der Waals surface area (Å²) in [6.07, 6.45) is 3.47. The number of carbonyl (C=O) groups is 1. The van der Waals surface area contributed by atoms with Gasteiger partial charge in [0.2, 0.25) is 5.91 Å². The third-order valence-electron chi connectivity index (χ3n) is 5.28. The molecule has 1 aliphatic rings. The molecule has 8 heteroatoms. The molecule has 3 aromatic rings. The molecule has 2 heterocycles. The second kappa shape index (κ2) is 8.75. The molecule has 156 valence electrons. The van der Waals surface area contributed by atoms with E-state index >= 15 is 0 Å². The highest BCUT2D eigenvalue weighted by molar-refractivity contribution is 6.32. The zero-order valence-electron chi connectivity index (χ0n) is 16.9. The summed E-state index contributed by atoms with van der Waals surface area (Å²) in [6, 6.07) is 11.1. The topological polar surface area (TPSA) is 76.6 Å². The van der Waals surface area contributed by atoms with Crippen molar-refractivity contribution < 1.29 is 14.3 Å². The maximum Gasteiger partial charge on any atom is 0.229 e. The molecule has 0 spiro atoms. The van der Waals surface area contributed by atoms with Crippen LogP contribution in [0.2, 0.25) is 5.02 Å². The maximum atomic E-state index is 13.0. The number of rotatable bonds is 5. The average molecular weight is 427 g/mol. The highest BCUT2D eigenvalue weighted by atomic mass is 35.5. The van der Waals surface area contributed by atoms with Crippen LogP contribution in [0.4, 0.5) is 11.5 Å². The molecule has 0 unspecified atom stereocenters. The first-order chi connectivity index (χ1) is 14.6. The van der Waals surface area contributed by atoms with Gasteiger partial charge in [0.1, 0.15) is 17.3 Å². The number of nitrogens with one attached hydrogen (secondary N) is 1. The van der Waals surface area contributed by atoms with E-state index in [0.29, 0.717) is 28.8 Å². The second-order valence-corrected chi connectivity index (χ2v) is 7.59. The van der Waals surface area contributed by atoms with Crippen molar-refractivity contribution in [2.24, 2.45) is 5.92 Å². The average Bonchev–Trinajstić information content (AvgIpc) is 2.79. The Morgan fingerprint density at radius 1 is 1.17 bits per heavy atom. The standard InChI is InChI=1S/C22H23ClN4O3/c1-29-19-11-20(30-2)18(10-15(19)23)26-22(28)14-6-5-9-27(13-14)21-12-24-16-7-3-4-8-17(16)25-21/h3-4,7-8,10-12,14H,5-6,9,13H2,1-2H3,(H,26,28)/t14-/m1/s1. The first-order valence-electron chi connectivity index (χ1n) is 9.78. The Balaban J connectivity index is 1.50. The molecule has 1 saturated heterocycles. The zero-order valence-corrected chi connectivity index (χ0v) is 17.6. The van der Waals surface area contributed by atoms with E-state index in [2.05, 4.69) is 15.2 Å². The fraction of sp³-hybridized carbons (Fsp3) is 0.318. The van der Waals surface area contributed by atoms with Gasteiger partial charge in [-0.2, -0.15) is 0 Å². The molecular weight excluding hydrogens is 404 g/mol. The minimum atomic E-state index is -0.183. The van der Waals surface area contributed by atoms with Crippen LogP contribution in [0.3, 0.4) is 0 Å². The largest absolute Gasteiger partial charge is 0.495 e. The van der Waals surface area contributed by atoms with Crippen LogP contribution >= 0.6 is 11.6 Å². The molecule has 0 aliphatic carbocycles. The lowest BCUT2D eigenvalue weighted by atomic mass is 9.97.